The van der Waals surface area contributed by atoms with Gasteiger partial charge in [-0.3, -0.25) is 10.1 Å². The summed E-state index contributed by atoms with van der Waals surface area (Å²) in [5.74, 6) is 0.587. The number of ether oxygens (including phenoxy) is 1. The molecule has 1 aromatic carbocycles. The maximum absolute atomic E-state index is 11.0. The first kappa shape index (κ1) is 12.9. The highest BCUT2D eigenvalue weighted by Crippen LogP contribution is 2.29. The van der Waals surface area contributed by atoms with Crippen molar-refractivity contribution in [3.63, 3.8) is 0 Å². The van der Waals surface area contributed by atoms with Crippen LogP contribution >= 0.6 is 0 Å². The molecule has 0 aliphatic heterocycles. The van der Waals surface area contributed by atoms with Crippen LogP contribution in [0.1, 0.15) is 18.8 Å². The first-order valence-corrected chi connectivity index (χ1v) is 5.41. The summed E-state index contributed by atoms with van der Waals surface area (Å²) in [7, 11) is 1.37. The molecule has 0 saturated carbocycles. The molecule has 0 saturated heterocycles. The zero-order valence-electron chi connectivity index (χ0n) is 10.3. The van der Waals surface area contributed by atoms with Crippen molar-refractivity contribution in [2.45, 2.75) is 13.0 Å². The number of nitro groups is 1. The van der Waals surface area contributed by atoms with Gasteiger partial charge in [0.25, 0.3) is 0 Å². The zero-order valence-corrected chi connectivity index (χ0v) is 10.3. The molecule has 0 bridgehead atoms. The molecule has 9 heteroatoms. The first-order valence-electron chi connectivity index (χ1n) is 5.41. The second-order valence-corrected chi connectivity index (χ2v) is 3.85. The fourth-order valence-electron chi connectivity index (χ4n) is 1.61. The second-order valence-electron chi connectivity index (χ2n) is 3.85. The Balaban J connectivity index is 2.54. The predicted octanol–water partition coefficient (Wildman–Crippen LogP) is 0.599. The van der Waals surface area contributed by atoms with Gasteiger partial charge in [-0.25, -0.2) is 0 Å². The van der Waals surface area contributed by atoms with E-state index in [9.17, 15) is 10.1 Å². The van der Waals surface area contributed by atoms with Gasteiger partial charge in [-0.2, -0.15) is 4.68 Å². The van der Waals surface area contributed by atoms with Crippen molar-refractivity contribution in [3.8, 4) is 11.4 Å². The van der Waals surface area contributed by atoms with E-state index < -0.39 is 11.0 Å². The molecule has 0 aliphatic carbocycles. The lowest BCUT2D eigenvalue weighted by atomic mass is 10.2. The number of benzene rings is 1. The number of aromatic nitrogens is 4. The van der Waals surface area contributed by atoms with E-state index in [1.165, 1.54) is 23.9 Å². The second kappa shape index (κ2) is 4.98. The van der Waals surface area contributed by atoms with Crippen molar-refractivity contribution in [2.75, 3.05) is 7.11 Å². The number of hydrogen-bond acceptors (Lipinski definition) is 7. The number of nitro benzene ring substituents is 1. The minimum absolute atomic E-state index is 0.161. The lowest BCUT2D eigenvalue weighted by molar-refractivity contribution is -0.385. The summed E-state index contributed by atoms with van der Waals surface area (Å²) in [5.41, 5.74) is 6.02. The first-order chi connectivity index (χ1) is 9.04. The third kappa shape index (κ3) is 2.36. The van der Waals surface area contributed by atoms with Crippen LogP contribution in [0.3, 0.4) is 0 Å². The van der Waals surface area contributed by atoms with Crippen LogP contribution in [0.2, 0.25) is 0 Å². The summed E-state index contributed by atoms with van der Waals surface area (Å²) in [6.07, 6.45) is 0. The fraction of sp³-hybridized carbons (Fsp3) is 0.300. The van der Waals surface area contributed by atoms with Crippen LogP contribution in [0, 0.1) is 10.1 Å². The van der Waals surface area contributed by atoms with E-state index in [0.717, 1.165) is 0 Å². The molecule has 1 heterocycles. The van der Waals surface area contributed by atoms with Crippen molar-refractivity contribution >= 4 is 5.69 Å². The van der Waals surface area contributed by atoms with Crippen molar-refractivity contribution in [3.05, 3.63) is 34.1 Å². The molecule has 1 unspecified atom stereocenters. The van der Waals surface area contributed by atoms with Crippen LogP contribution in [-0.4, -0.2) is 32.2 Å². The van der Waals surface area contributed by atoms with Gasteiger partial charge >= 0.3 is 5.69 Å². The quantitative estimate of drug-likeness (QED) is 0.633. The van der Waals surface area contributed by atoms with Crippen molar-refractivity contribution in [1.29, 1.82) is 0 Å². The van der Waals surface area contributed by atoms with E-state index in [2.05, 4.69) is 15.5 Å². The summed E-state index contributed by atoms with van der Waals surface area (Å²) in [6.45, 7) is 1.72. The Bertz CT molecular complexity index is 609. The van der Waals surface area contributed by atoms with E-state index >= 15 is 0 Å². The number of hydrogen-bond donors (Lipinski definition) is 1. The molecule has 9 nitrogen and oxygen atoms in total. The van der Waals surface area contributed by atoms with Gasteiger partial charge in [0, 0.05) is 6.07 Å². The summed E-state index contributed by atoms with van der Waals surface area (Å²) in [5, 5.41) is 22.0. The average Bonchev–Trinajstić information content (AvgIpc) is 2.87. The Kier molecular flexibility index (Phi) is 3.38. The molecule has 0 spiro atoms. The van der Waals surface area contributed by atoms with Crippen LogP contribution in [0.5, 0.6) is 5.75 Å². The topological polar surface area (TPSA) is 122 Å². The molecule has 0 fully saturated rings. The van der Waals surface area contributed by atoms with Crippen molar-refractivity contribution in [2.24, 2.45) is 5.73 Å². The van der Waals surface area contributed by atoms with Gasteiger partial charge in [-0.15, -0.1) is 5.10 Å². The number of tetrazole rings is 1. The molecular weight excluding hydrogens is 252 g/mol. The zero-order chi connectivity index (χ0) is 14.0. The largest absolute Gasteiger partial charge is 0.490 e. The number of nitrogens with zero attached hydrogens (tertiary/aromatic N) is 5. The van der Waals surface area contributed by atoms with Gasteiger partial charge < -0.3 is 10.5 Å². The maximum atomic E-state index is 11.0. The van der Waals surface area contributed by atoms with E-state index in [1.54, 1.807) is 13.0 Å². The van der Waals surface area contributed by atoms with Crippen LogP contribution < -0.4 is 10.5 Å². The summed E-state index contributed by atoms with van der Waals surface area (Å²) in [4.78, 5) is 10.4. The molecule has 0 radical (unpaired) electrons. The molecule has 2 N–H and O–H groups in total. The van der Waals surface area contributed by atoms with Gasteiger partial charge in [-0.05, 0) is 29.5 Å². The fourth-order valence-corrected chi connectivity index (χ4v) is 1.61. The average molecular weight is 264 g/mol. The lowest BCUT2D eigenvalue weighted by Crippen LogP contribution is -2.13. The van der Waals surface area contributed by atoms with Gasteiger partial charge in [0.1, 0.15) is 0 Å². The Hall–Kier alpha value is -2.55. The SMILES string of the molecule is COc1ccc(-n2nnnc2C(C)N)cc1[N+](=O)[O-]. The minimum Gasteiger partial charge on any atom is -0.490 e. The Morgan fingerprint density at radius 3 is 2.84 bits per heavy atom. The predicted molar refractivity (Wildman–Crippen MR) is 65.0 cm³/mol. The van der Waals surface area contributed by atoms with Crippen molar-refractivity contribution in [1.82, 2.24) is 20.2 Å². The van der Waals surface area contributed by atoms with Gasteiger partial charge in [0.05, 0.1) is 23.8 Å². The highest BCUT2D eigenvalue weighted by Gasteiger charge is 2.19. The van der Waals surface area contributed by atoms with E-state index in [0.29, 0.717) is 11.5 Å². The highest BCUT2D eigenvalue weighted by atomic mass is 16.6. The molecular formula is C10H12N6O3. The number of rotatable bonds is 4. The Labute approximate surface area is 108 Å². The van der Waals surface area contributed by atoms with Gasteiger partial charge in [-0.1, -0.05) is 0 Å². The minimum atomic E-state index is -0.530. The molecule has 0 aliphatic rings. The van der Waals surface area contributed by atoms with E-state index in [-0.39, 0.29) is 11.4 Å². The molecule has 1 aromatic heterocycles. The molecule has 2 rings (SSSR count). The lowest BCUT2D eigenvalue weighted by Gasteiger charge is -2.08. The van der Waals surface area contributed by atoms with Crippen molar-refractivity contribution < 1.29 is 9.66 Å². The normalized spacial score (nSPS) is 12.2. The number of methoxy groups -OCH3 is 1. The van der Waals surface area contributed by atoms with Gasteiger partial charge in [0.15, 0.2) is 11.6 Å². The standard InChI is InChI=1S/C10H12N6O3/c1-6(11)10-12-13-14-15(10)7-3-4-9(19-2)8(5-7)16(17)18/h3-6H,11H2,1-2H3. The molecule has 19 heavy (non-hydrogen) atoms. The summed E-state index contributed by atoms with van der Waals surface area (Å²) in [6, 6.07) is 4.05. The van der Waals surface area contributed by atoms with E-state index in [4.69, 9.17) is 10.5 Å². The summed E-state index contributed by atoms with van der Waals surface area (Å²) < 4.78 is 6.29. The molecule has 100 valence electrons. The Morgan fingerprint density at radius 2 is 2.26 bits per heavy atom. The summed E-state index contributed by atoms with van der Waals surface area (Å²) >= 11 is 0. The third-order valence-electron chi connectivity index (χ3n) is 2.50. The van der Waals surface area contributed by atoms with Crippen LogP contribution in [0.25, 0.3) is 5.69 Å². The maximum Gasteiger partial charge on any atom is 0.313 e. The monoisotopic (exact) mass is 264 g/mol. The van der Waals surface area contributed by atoms with Crippen LogP contribution in [-0.2, 0) is 0 Å². The van der Waals surface area contributed by atoms with E-state index in [1.807, 2.05) is 0 Å². The van der Waals surface area contributed by atoms with Crippen LogP contribution in [0.15, 0.2) is 18.2 Å². The van der Waals surface area contributed by atoms with Crippen LogP contribution in [0.4, 0.5) is 5.69 Å². The number of nitrogens with two attached hydrogens (primary N) is 1. The Morgan fingerprint density at radius 1 is 1.53 bits per heavy atom. The molecule has 2 aromatic rings. The highest BCUT2D eigenvalue weighted by molar-refractivity contribution is 5.53. The van der Waals surface area contributed by atoms with Gasteiger partial charge in [0.2, 0.25) is 0 Å². The smallest absolute Gasteiger partial charge is 0.313 e. The molecule has 0 amide bonds. The molecule has 1 atom stereocenters. The third-order valence-corrected chi connectivity index (χ3v) is 2.50.